The van der Waals surface area contributed by atoms with Crippen LogP contribution in [0.3, 0.4) is 0 Å². The summed E-state index contributed by atoms with van der Waals surface area (Å²) in [6.07, 6.45) is -1.52. The van der Waals surface area contributed by atoms with Crippen LogP contribution in [0.2, 0.25) is 0 Å². The van der Waals surface area contributed by atoms with Crippen LogP contribution >= 0.6 is 0 Å². The first-order valence-electron chi connectivity index (χ1n) is 4.06. The molecule has 1 aromatic heterocycles. The van der Waals surface area contributed by atoms with E-state index in [0.717, 1.165) is 12.3 Å². The molecule has 14 heavy (non-hydrogen) atoms. The Hall–Kier alpha value is -1.52. The summed E-state index contributed by atoms with van der Waals surface area (Å²) in [7, 11) is 0. The van der Waals surface area contributed by atoms with Crippen molar-refractivity contribution in [2.75, 3.05) is 6.61 Å². The van der Waals surface area contributed by atoms with Gasteiger partial charge in [-0.25, -0.2) is 13.6 Å². The average molecular weight is 201 g/mol. The molecule has 0 bridgehead atoms. The van der Waals surface area contributed by atoms with Gasteiger partial charge < -0.3 is 4.74 Å². The van der Waals surface area contributed by atoms with E-state index in [4.69, 9.17) is 0 Å². The van der Waals surface area contributed by atoms with E-state index in [1.807, 2.05) is 0 Å². The minimum atomic E-state index is -2.68. The van der Waals surface area contributed by atoms with Crippen LogP contribution in [0.5, 0.6) is 0 Å². The minimum absolute atomic E-state index is 0.0946. The zero-order valence-electron chi connectivity index (χ0n) is 7.54. The topological polar surface area (TPSA) is 39.2 Å². The number of ether oxygens (including phenoxy) is 1. The predicted octanol–water partition coefficient (Wildman–Crippen LogP) is 2.20. The highest BCUT2D eigenvalue weighted by atomic mass is 19.3. The number of carbonyl (C=O) groups excluding carboxylic acids is 1. The summed E-state index contributed by atoms with van der Waals surface area (Å²) in [5, 5.41) is 0. The lowest BCUT2D eigenvalue weighted by molar-refractivity contribution is 0.0525. The summed E-state index contributed by atoms with van der Waals surface area (Å²) in [5.74, 6) is -0.614. The van der Waals surface area contributed by atoms with Crippen molar-refractivity contribution in [3.8, 4) is 0 Å². The number of hydrogen-bond acceptors (Lipinski definition) is 3. The van der Waals surface area contributed by atoms with Crippen LogP contribution < -0.4 is 0 Å². The molecular weight excluding hydrogens is 192 g/mol. The van der Waals surface area contributed by atoms with Gasteiger partial charge in [0.2, 0.25) is 0 Å². The lowest BCUT2D eigenvalue weighted by Crippen LogP contribution is -2.05. The number of pyridine rings is 1. The molecule has 0 amide bonds. The summed E-state index contributed by atoms with van der Waals surface area (Å²) < 4.78 is 29.0. The third kappa shape index (κ3) is 2.48. The lowest BCUT2D eigenvalue weighted by Gasteiger charge is -2.03. The molecule has 3 nitrogen and oxygen atoms in total. The molecule has 0 N–H and O–H groups in total. The van der Waals surface area contributed by atoms with Gasteiger partial charge in [-0.15, -0.1) is 0 Å². The molecule has 0 aliphatic rings. The second-order valence-electron chi connectivity index (χ2n) is 2.49. The second-order valence-corrected chi connectivity index (χ2v) is 2.49. The molecule has 1 rings (SSSR count). The van der Waals surface area contributed by atoms with Crippen LogP contribution in [0.25, 0.3) is 0 Å². The number of carbonyl (C=O) groups is 1. The number of alkyl halides is 2. The molecule has 0 saturated heterocycles. The fraction of sp³-hybridized carbons (Fsp3) is 0.333. The van der Waals surface area contributed by atoms with Gasteiger partial charge in [-0.2, -0.15) is 0 Å². The fourth-order valence-electron chi connectivity index (χ4n) is 0.909. The Kier molecular flexibility index (Phi) is 3.50. The molecule has 0 spiro atoms. The van der Waals surface area contributed by atoms with Crippen molar-refractivity contribution in [2.24, 2.45) is 0 Å². The van der Waals surface area contributed by atoms with Gasteiger partial charge >= 0.3 is 5.97 Å². The minimum Gasteiger partial charge on any atom is -0.462 e. The highest BCUT2D eigenvalue weighted by molar-refractivity contribution is 5.89. The molecule has 76 valence electrons. The number of halogens is 2. The average Bonchev–Trinajstić information content (AvgIpc) is 2.18. The standard InChI is InChI=1S/C9H9F2NO2/c1-2-14-9(13)6-3-4-12-7(5-6)8(10)11/h3-5,8H,2H2,1H3. The van der Waals surface area contributed by atoms with Crippen LogP contribution in [-0.2, 0) is 4.74 Å². The Balaban J connectivity index is 2.88. The Labute approximate surface area is 79.7 Å². The molecule has 0 aromatic carbocycles. The maximum atomic E-state index is 12.2. The first kappa shape index (κ1) is 10.6. The van der Waals surface area contributed by atoms with Gasteiger partial charge in [-0.1, -0.05) is 0 Å². The fourth-order valence-corrected chi connectivity index (χ4v) is 0.909. The number of esters is 1. The van der Waals surface area contributed by atoms with E-state index in [2.05, 4.69) is 9.72 Å². The van der Waals surface area contributed by atoms with Crippen molar-refractivity contribution in [1.29, 1.82) is 0 Å². The highest BCUT2D eigenvalue weighted by Crippen LogP contribution is 2.16. The van der Waals surface area contributed by atoms with E-state index in [-0.39, 0.29) is 12.2 Å². The van der Waals surface area contributed by atoms with Gasteiger partial charge in [0, 0.05) is 6.20 Å². The zero-order chi connectivity index (χ0) is 10.6. The molecule has 0 aliphatic carbocycles. The molecular formula is C9H9F2NO2. The first-order valence-corrected chi connectivity index (χ1v) is 4.06. The highest BCUT2D eigenvalue weighted by Gasteiger charge is 2.12. The Bertz CT molecular complexity index is 328. The van der Waals surface area contributed by atoms with Crippen LogP contribution in [0.1, 0.15) is 29.4 Å². The van der Waals surface area contributed by atoms with Crippen molar-refractivity contribution in [1.82, 2.24) is 4.98 Å². The maximum Gasteiger partial charge on any atom is 0.338 e. The third-order valence-corrected chi connectivity index (χ3v) is 1.52. The molecule has 0 atom stereocenters. The smallest absolute Gasteiger partial charge is 0.338 e. The molecule has 0 unspecified atom stereocenters. The summed E-state index contributed by atoms with van der Waals surface area (Å²) in [6.45, 7) is 1.86. The van der Waals surface area contributed by atoms with Gasteiger partial charge in [0.15, 0.2) is 0 Å². The molecule has 5 heteroatoms. The van der Waals surface area contributed by atoms with E-state index in [9.17, 15) is 13.6 Å². The molecule has 1 aromatic rings. The van der Waals surface area contributed by atoms with Gasteiger partial charge in [0.05, 0.1) is 12.2 Å². The first-order chi connectivity index (χ1) is 6.65. The molecule has 0 fully saturated rings. The van der Waals surface area contributed by atoms with Gasteiger partial charge in [-0.05, 0) is 19.1 Å². The van der Waals surface area contributed by atoms with E-state index >= 15 is 0 Å². The summed E-state index contributed by atoms with van der Waals surface area (Å²) in [5.41, 5.74) is -0.326. The number of rotatable bonds is 3. The SMILES string of the molecule is CCOC(=O)c1ccnc(C(F)F)c1. The summed E-state index contributed by atoms with van der Waals surface area (Å²) in [6, 6.07) is 2.37. The maximum absolute atomic E-state index is 12.2. The van der Waals surface area contributed by atoms with Crippen LogP contribution in [0.15, 0.2) is 18.3 Å². The monoisotopic (exact) mass is 201 g/mol. The van der Waals surface area contributed by atoms with Crippen molar-refractivity contribution in [3.63, 3.8) is 0 Å². The van der Waals surface area contributed by atoms with Crippen LogP contribution in [0, 0.1) is 0 Å². The van der Waals surface area contributed by atoms with Gasteiger partial charge in [0.1, 0.15) is 5.69 Å². The summed E-state index contributed by atoms with van der Waals surface area (Å²) >= 11 is 0. The molecule has 0 aliphatic heterocycles. The Morgan fingerprint density at radius 2 is 2.36 bits per heavy atom. The number of aromatic nitrogens is 1. The summed E-state index contributed by atoms with van der Waals surface area (Å²) in [4.78, 5) is 14.5. The largest absolute Gasteiger partial charge is 0.462 e. The van der Waals surface area contributed by atoms with Gasteiger partial charge in [-0.3, -0.25) is 4.98 Å². The molecule has 1 heterocycles. The second kappa shape index (κ2) is 4.64. The van der Waals surface area contributed by atoms with Crippen molar-refractivity contribution in [2.45, 2.75) is 13.3 Å². The lowest BCUT2D eigenvalue weighted by atomic mass is 10.2. The number of hydrogen-bond donors (Lipinski definition) is 0. The quantitative estimate of drug-likeness (QED) is 0.703. The van der Waals surface area contributed by atoms with Crippen molar-refractivity contribution in [3.05, 3.63) is 29.6 Å². The van der Waals surface area contributed by atoms with Gasteiger partial charge in [0.25, 0.3) is 6.43 Å². The van der Waals surface area contributed by atoms with E-state index in [0.29, 0.717) is 0 Å². The Morgan fingerprint density at radius 1 is 1.64 bits per heavy atom. The van der Waals surface area contributed by atoms with E-state index < -0.39 is 18.1 Å². The van der Waals surface area contributed by atoms with E-state index in [1.165, 1.54) is 6.07 Å². The van der Waals surface area contributed by atoms with Crippen molar-refractivity contribution < 1.29 is 18.3 Å². The van der Waals surface area contributed by atoms with Crippen LogP contribution in [0.4, 0.5) is 8.78 Å². The number of nitrogens with zero attached hydrogens (tertiary/aromatic N) is 1. The molecule has 0 saturated carbocycles. The molecule has 0 radical (unpaired) electrons. The Morgan fingerprint density at radius 3 is 2.93 bits per heavy atom. The van der Waals surface area contributed by atoms with Crippen molar-refractivity contribution >= 4 is 5.97 Å². The normalized spacial score (nSPS) is 10.3. The van der Waals surface area contributed by atoms with E-state index in [1.54, 1.807) is 6.92 Å². The zero-order valence-corrected chi connectivity index (χ0v) is 7.54. The van der Waals surface area contributed by atoms with Crippen LogP contribution in [-0.4, -0.2) is 17.6 Å². The predicted molar refractivity (Wildman–Crippen MR) is 45.2 cm³/mol. The third-order valence-electron chi connectivity index (χ3n) is 1.52.